The molecule has 8 heteroatoms. The lowest BCUT2D eigenvalue weighted by molar-refractivity contribution is 0.414. The first-order valence-electron chi connectivity index (χ1n) is 10.2. The highest BCUT2D eigenvalue weighted by Crippen LogP contribution is 2.43. The van der Waals surface area contributed by atoms with Crippen LogP contribution in [-0.4, -0.2) is 17.2 Å². The summed E-state index contributed by atoms with van der Waals surface area (Å²) in [5.41, 5.74) is 2.51. The van der Waals surface area contributed by atoms with Gasteiger partial charge in [-0.15, -0.1) is 0 Å². The first-order valence-corrected chi connectivity index (χ1v) is 11.4. The Morgan fingerprint density at radius 2 is 1.91 bits per heavy atom. The van der Waals surface area contributed by atoms with E-state index in [2.05, 4.69) is 26.2 Å². The van der Waals surface area contributed by atoms with Gasteiger partial charge in [-0.3, -0.25) is 4.98 Å². The molecule has 0 unspecified atom stereocenters. The maximum absolute atomic E-state index is 13.6. The number of benzene rings is 2. The number of hydrogen-bond donors (Lipinski definition) is 1. The molecule has 1 N–H and O–H groups in total. The third-order valence-electron chi connectivity index (χ3n) is 5.56. The summed E-state index contributed by atoms with van der Waals surface area (Å²) < 4.78 is 25.8. The molecule has 166 valence electrons. The molecule has 4 aromatic rings. The number of pyridine rings is 1. The van der Waals surface area contributed by atoms with Gasteiger partial charge in [-0.2, -0.15) is 0 Å². The van der Waals surface area contributed by atoms with Crippen LogP contribution in [0.25, 0.3) is 11.3 Å². The highest BCUT2D eigenvalue weighted by molar-refractivity contribution is 9.10. The number of thiocarbonyl (C=S) groups is 1. The molecule has 0 amide bonds. The van der Waals surface area contributed by atoms with Crippen LogP contribution in [-0.2, 0) is 0 Å². The van der Waals surface area contributed by atoms with Gasteiger partial charge >= 0.3 is 0 Å². The van der Waals surface area contributed by atoms with E-state index in [1.54, 1.807) is 19.4 Å². The Morgan fingerprint density at radius 3 is 2.61 bits per heavy atom. The van der Waals surface area contributed by atoms with E-state index in [4.69, 9.17) is 21.4 Å². The number of aromatic nitrogens is 1. The number of halogens is 2. The molecule has 0 spiro atoms. The van der Waals surface area contributed by atoms with Crippen molar-refractivity contribution >= 4 is 38.9 Å². The van der Waals surface area contributed by atoms with Gasteiger partial charge in [-0.25, -0.2) is 4.39 Å². The maximum Gasteiger partial charge on any atom is 0.174 e. The van der Waals surface area contributed by atoms with Gasteiger partial charge in [0.1, 0.15) is 29.1 Å². The molecule has 33 heavy (non-hydrogen) atoms. The summed E-state index contributed by atoms with van der Waals surface area (Å²) in [6.45, 7) is 0. The van der Waals surface area contributed by atoms with Crippen LogP contribution in [0.2, 0.25) is 0 Å². The third-order valence-corrected chi connectivity index (χ3v) is 6.53. The summed E-state index contributed by atoms with van der Waals surface area (Å²) in [6, 6.07) is 21.3. The van der Waals surface area contributed by atoms with Crippen molar-refractivity contribution in [1.29, 1.82) is 0 Å². The second-order valence-corrected chi connectivity index (χ2v) is 8.76. The van der Waals surface area contributed by atoms with Crippen LogP contribution in [0, 0.1) is 5.82 Å². The summed E-state index contributed by atoms with van der Waals surface area (Å²) in [5, 5.41) is 3.98. The molecule has 0 bridgehead atoms. The van der Waals surface area contributed by atoms with Gasteiger partial charge < -0.3 is 19.4 Å². The fraction of sp³-hybridized carbons (Fsp3) is 0.120. The third kappa shape index (κ3) is 4.12. The SMILES string of the molecule is COc1ccc(N2C(=S)N[C@@H](c3ccccn3)[C@H]2c2ccc(-c3ccc(F)cc3Br)o2)cc1. The Hall–Kier alpha value is -3.23. The Kier molecular flexibility index (Phi) is 5.86. The molecule has 1 saturated heterocycles. The van der Waals surface area contributed by atoms with E-state index in [0.29, 0.717) is 21.1 Å². The Balaban J connectivity index is 1.59. The highest BCUT2D eigenvalue weighted by atomic mass is 79.9. The number of rotatable bonds is 5. The average Bonchev–Trinajstić information content (AvgIpc) is 3.44. The summed E-state index contributed by atoms with van der Waals surface area (Å²) >= 11 is 9.17. The standard InChI is InChI=1S/C25H19BrFN3O2S/c1-31-17-8-6-16(7-9-17)30-24(23(29-25(30)33)20-4-2-3-13-28-20)22-12-11-21(32-22)18-10-5-15(27)14-19(18)26/h2-14,23-24H,1H3,(H,29,33)/t23-,24+/m0/s1. The summed E-state index contributed by atoms with van der Waals surface area (Å²) in [7, 11) is 1.63. The van der Waals surface area contributed by atoms with E-state index in [0.717, 1.165) is 22.7 Å². The number of hydrogen-bond acceptors (Lipinski definition) is 4. The zero-order valence-electron chi connectivity index (χ0n) is 17.5. The molecule has 3 heterocycles. The largest absolute Gasteiger partial charge is 0.497 e. The van der Waals surface area contributed by atoms with Crippen molar-refractivity contribution in [2.24, 2.45) is 0 Å². The summed E-state index contributed by atoms with van der Waals surface area (Å²) in [4.78, 5) is 6.58. The number of anilines is 1. The molecule has 2 atom stereocenters. The zero-order chi connectivity index (χ0) is 22.9. The van der Waals surface area contributed by atoms with Crippen LogP contribution in [0.4, 0.5) is 10.1 Å². The number of nitrogens with one attached hydrogen (secondary N) is 1. The second-order valence-electron chi connectivity index (χ2n) is 7.52. The lowest BCUT2D eigenvalue weighted by Gasteiger charge is -2.26. The van der Waals surface area contributed by atoms with Crippen molar-refractivity contribution in [1.82, 2.24) is 10.3 Å². The van der Waals surface area contributed by atoms with Crippen molar-refractivity contribution < 1.29 is 13.5 Å². The predicted octanol–water partition coefficient (Wildman–Crippen LogP) is 6.43. The quantitative estimate of drug-likeness (QED) is 0.304. The van der Waals surface area contributed by atoms with Crippen LogP contribution in [0.3, 0.4) is 0 Å². The topological polar surface area (TPSA) is 50.5 Å². The molecule has 0 radical (unpaired) electrons. The van der Waals surface area contributed by atoms with Crippen LogP contribution in [0.15, 0.2) is 87.9 Å². The van der Waals surface area contributed by atoms with Crippen molar-refractivity contribution in [2.45, 2.75) is 12.1 Å². The van der Waals surface area contributed by atoms with E-state index < -0.39 is 0 Å². The van der Waals surface area contributed by atoms with Gasteiger partial charge in [0.25, 0.3) is 0 Å². The van der Waals surface area contributed by atoms with E-state index in [9.17, 15) is 4.39 Å². The van der Waals surface area contributed by atoms with Gasteiger partial charge in [0.2, 0.25) is 0 Å². The first-order chi connectivity index (χ1) is 16.0. The second kappa shape index (κ2) is 8.96. The molecule has 2 aromatic carbocycles. The van der Waals surface area contributed by atoms with Crippen molar-refractivity contribution in [3.8, 4) is 17.1 Å². The number of furan rings is 1. The number of ether oxygens (including phenoxy) is 1. The van der Waals surface area contributed by atoms with Gasteiger partial charge in [0.15, 0.2) is 5.11 Å². The van der Waals surface area contributed by atoms with Crippen LogP contribution < -0.4 is 15.0 Å². The minimum atomic E-state index is -0.316. The molecule has 1 aliphatic heterocycles. The monoisotopic (exact) mass is 523 g/mol. The number of methoxy groups -OCH3 is 1. The van der Waals surface area contributed by atoms with Crippen LogP contribution in [0.1, 0.15) is 23.5 Å². The predicted molar refractivity (Wildman–Crippen MR) is 133 cm³/mol. The zero-order valence-corrected chi connectivity index (χ0v) is 19.9. The van der Waals surface area contributed by atoms with Crippen molar-refractivity contribution in [3.05, 3.63) is 101 Å². The lowest BCUT2D eigenvalue weighted by Crippen LogP contribution is -2.29. The summed E-state index contributed by atoms with van der Waals surface area (Å²) in [5.74, 6) is 1.78. The van der Waals surface area contributed by atoms with Gasteiger partial charge in [-0.05, 0) is 94.9 Å². The van der Waals surface area contributed by atoms with E-state index in [1.807, 2.05) is 59.5 Å². The molecular formula is C25H19BrFN3O2S. The Morgan fingerprint density at radius 1 is 1.09 bits per heavy atom. The van der Waals surface area contributed by atoms with Crippen molar-refractivity contribution in [3.63, 3.8) is 0 Å². The van der Waals surface area contributed by atoms with E-state index >= 15 is 0 Å². The maximum atomic E-state index is 13.6. The van der Waals surface area contributed by atoms with Crippen LogP contribution >= 0.6 is 28.1 Å². The van der Waals surface area contributed by atoms with Gasteiger partial charge in [-0.1, -0.05) is 6.07 Å². The molecule has 1 aliphatic rings. The highest BCUT2D eigenvalue weighted by Gasteiger charge is 2.42. The normalized spacial score (nSPS) is 17.8. The average molecular weight is 524 g/mol. The van der Waals surface area contributed by atoms with Gasteiger partial charge in [0, 0.05) is 21.9 Å². The molecule has 0 saturated carbocycles. The first kappa shape index (κ1) is 21.6. The van der Waals surface area contributed by atoms with E-state index in [1.165, 1.54) is 12.1 Å². The molecular weight excluding hydrogens is 505 g/mol. The molecule has 5 rings (SSSR count). The van der Waals surface area contributed by atoms with Crippen LogP contribution in [0.5, 0.6) is 5.75 Å². The lowest BCUT2D eigenvalue weighted by atomic mass is 10.0. The molecule has 5 nitrogen and oxygen atoms in total. The van der Waals surface area contributed by atoms with E-state index in [-0.39, 0.29) is 17.9 Å². The minimum Gasteiger partial charge on any atom is -0.497 e. The molecule has 2 aromatic heterocycles. The fourth-order valence-electron chi connectivity index (χ4n) is 4.01. The minimum absolute atomic E-state index is 0.225. The summed E-state index contributed by atoms with van der Waals surface area (Å²) in [6.07, 6.45) is 1.76. The molecule has 0 aliphatic carbocycles. The molecule has 1 fully saturated rings. The van der Waals surface area contributed by atoms with Crippen molar-refractivity contribution in [2.75, 3.05) is 12.0 Å². The van der Waals surface area contributed by atoms with Gasteiger partial charge in [0.05, 0.1) is 18.8 Å². The Labute approximate surface area is 204 Å². The number of nitrogens with zero attached hydrogens (tertiary/aromatic N) is 2. The fourth-order valence-corrected chi connectivity index (χ4v) is 4.90. The smallest absolute Gasteiger partial charge is 0.174 e. The Bertz CT molecular complexity index is 1300.